The third-order valence-electron chi connectivity index (χ3n) is 4.53. The lowest BCUT2D eigenvalue weighted by atomic mass is 9.96. The molecule has 2 nitrogen and oxygen atoms in total. The van der Waals surface area contributed by atoms with Gasteiger partial charge in [-0.15, -0.1) is 0 Å². The van der Waals surface area contributed by atoms with Gasteiger partial charge in [0, 0.05) is 17.6 Å². The maximum atomic E-state index is 12.4. The van der Waals surface area contributed by atoms with Crippen LogP contribution in [0.25, 0.3) is 0 Å². The first kappa shape index (κ1) is 14.3. The number of hydrogen-bond acceptors (Lipinski definition) is 2. The van der Waals surface area contributed by atoms with E-state index in [2.05, 4.69) is 32.6 Å². The summed E-state index contributed by atoms with van der Waals surface area (Å²) in [7, 11) is 0. The van der Waals surface area contributed by atoms with E-state index in [9.17, 15) is 4.79 Å². The molecule has 19 heavy (non-hydrogen) atoms. The van der Waals surface area contributed by atoms with Crippen LogP contribution in [0.1, 0.15) is 54.6 Å². The van der Waals surface area contributed by atoms with E-state index in [0.29, 0.717) is 18.6 Å². The number of piperidine rings is 1. The van der Waals surface area contributed by atoms with E-state index in [4.69, 9.17) is 0 Å². The van der Waals surface area contributed by atoms with Crippen LogP contribution in [0.5, 0.6) is 0 Å². The second kappa shape index (κ2) is 5.87. The quantitative estimate of drug-likeness (QED) is 0.771. The zero-order valence-corrected chi connectivity index (χ0v) is 12.6. The van der Waals surface area contributed by atoms with Crippen molar-refractivity contribution in [3.8, 4) is 0 Å². The molecule has 2 atom stereocenters. The number of benzene rings is 1. The number of ketones is 1. The Morgan fingerprint density at radius 1 is 1.16 bits per heavy atom. The van der Waals surface area contributed by atoms with E-state index in [0.717, 1.165) is 5.56 Å². The Morgan fingerprint density at radius 3 is 2.37 bits per heavy atom. The standard InChI is InChI=1S/C17H25NO/c1-12-8-9-16(10-13(12)2)17(19)11-18-14(3)6-5-7-15(18)4/h8-10,14-15H,5-7,11H2,1-4H3/t14-,15+. The molecule has 1 aliphatic rings. The molecule has 2 heteroatoms. The summed E-state index contributed by atoms with van der Waals surface area (Å²) in [5.41, 5.74) is 3.30. The number of carbonyl (C=O) groups excluding carboxylic acids is 1. The lowest BCUT2D eigenvalue weighted by molar-refractivity contribution is 0.0734. The van der Waals surface area contributed by atoms with Crippen LogP contribution in [-0.2, 0) is 0 Å². The molecule has 2 rings (SSSR count). The number of carbonyl (C=O) groups is 1. The molecule has 0 N–H and O–H groups in total. The first-order valence-corrected chi connectivity index (χ1v) is 7.35. The summed E-state index contributed by atoms with van der Waals surface area (Å²) in [6.07, 6.45) is 3.71. The van der Waals surface area contributed by atoms with Crippen LogP contribution in [0.3, 0.4) is 0 Å². The molecule has 1 aliphatic heterocycles. The van der Waals surface area contributed by atoms with Gasteiger partial charge >= 0.3 is 0 Å². The highest BCUT2D eigenvalue weighted by Crippen LogP contribution is 2.23. The summed E-state index contributed by atoms with van der Waals surface area (Å²) in [6.45, 7) is 9.19. The molecule has 1 aromatic carbocycles. The minimum Gasteiger partial charge on any atom is -0.293 e. The Labute approximate surface area is 116 Å². The predicted molar refractivity (Wildman–Crippen MR) is 79.7 cm³/mol. The van der Waals surface area contributed by atoms with Crippen LogP contribution < -0.4 is 0 Å². The molecule has 0 aliphatic carbocycles. The Balaban J connectivity index is 2.09. The number of rotatable bonds is 3. The van der Waals surface area contributed by atoms with Crippen molar-refractivity contribution in [1.29, 1.82) is 0 Å². The van der Waals surface area contributed by atoms with Gasteiger partial charge in [0.1, 0.15) is 0 Å². The SMILES string of the molecule is Cc1ccc(C(=O)CN2[C@H](C)CCC[C@@H]2C)cc1C. The summed E-state index contributed by atoms with van der Waals surface area (Å²) in [6, 6.07) is 7.09. The van der Waals surface area contributed by atoms with E-state index in [1.807, 2.05) is 18.2 Å². The maximum absolute atomic E-state index is 12.4. The van der Waals surface area contributed by atoms with E-state index in [-0.39, 0.29) is 5.78 Å². The third kappa shape index (κ3) is 3.24. The van der Waals surface area contributed by atoms with Crippen molar-refractivity contribution < 1.29 is 4.79 Å². The van der Waals surface area contributed by atoms with Gasteiger partial charge in [0.15, 0.2) is 5.78 Å². The molecule has 0 spiro atoms. The smallest absolute Gasteiger partial charge is 0.176 e. The fraction of sp³-hybridized carbons (Fsp3) is 0.588. The predicted octanol–water partition coefficient (Wildman–Crippen LogP) is 3.75. The first-order chi connectivity index (χ1) is 8.99. The fourth-order valence-electron chi connectivity index (χ4n) is 2.96. The van der Waals surface area contributed by atoms with Gasteiger partial charge in [0.05, 0.1) is 6.54 Å². The van der Waals surface area contributed by atoms with Gasteiger partial charge in [-0.3, -0.25) is 9.69 Å². The van der Waals surface area contributed by atoms with Gasteiger partial charge < -0.3 is 0 Å². The van der Waals surface area contributed by atoms with E-state index >= 15 is 0 Å². The zero-order chi connectivity index (χ0) is 14.0. The van der Waals surface area contributed by atoms with Crippen molar-refractivity contribution >= 4 is 5.78 Å². The van der Waals surface area contributed by atoms with Gasteiger partial charge in [-0.25, -0.2) is 0 Å². The summed E-state index contributed by atoms with van der Waals surface area (Å²) >= 11 is 0. The molecule has 104 valence electrons. The Morgan fingerprint density at radius 2 is 1.79 bits per heavy atom. The summed E-state index contributed by atoms with van der Waals surface area (Å²) in [5, 5.41) is 0. The molecular weight excluding hydrogens is 234 g/mol. The second-order valence-electron chi connectivity index (χ2n) is 6.02. The van der Waals surface area contributed by atoms with Crippen molar-refractivity contribution in [3.05, 3.63) is 34.9 Å². The van der Waals surface area contributed by atoms with Crippen LogP contribution in [0.15, 0.2) is 18.2 Å². The average molecular weight is 259 g/mol. The van der Waals surface area contributed by atoms with Crippen LogP contribution in [0, 0.1) is 13.8 Å². The fourth-order valence-corrected chi connectivity index (χ4v) is 2.96. The van der Waals surface area contributed by atoms with Crippen LogP contribution in [-0.4, -0.2) is 29.3 Å². The molecule has 0 amide bonds. The molecule has 1 aromatic rings. The molecule has 0 radical (unpaired) electrons. The van der Waals surface area contributed by atoms with Crippen molar-refractivity contribution in [2.24, 2.45) is 0 Å². The number of nitrogens with zero attached hydrogens (tertiary/aromatic N) is 1. The number of aryl methyl sites for hydroxylation is 2. The minimum absolute atomic E-state index is 0.253. The Hall–Kier alpha value is -1.15. The first-order valence-electron chi connectivity index (χ1n) is 7.35. The lowest BCUT2D eigenvalue weighted by Gasteiger charge is -2.38. The lowest BCUT2D eigenvalue weighted by Crippen LogP contribution is -2.46. The van der Waals surface area contributed by atoms with Crippen LogP contribution >= 0.6 is 0 Å². The third-order valence-corrected chi connectivity index (χ3v) is 4.53. The molecule has 0 aromatic heterocycles. The van der Waals surface area contributed by atoms with E-state index in [1.165, 1.54) is 30.4 Å². The monoisotopic (exact) mass is 259 g/mol. The maximum Gasteiger partial charge on any atom is 0.176 e. The molecule has 0 unspecified atom stereocenters. The van der Waals surface area contributed by atoms with E-state index in [1.54, 1.807) is 0 Å². The number of hydrogen-bond donors (Lipinski definition) is 0. The highest BCUT2D eigenvalue weighted by Gasteiger charge is 2.26. The van der Waals surface area contributed by atoms with Crippen LogP contribution in [0.4, 0.5) is 0 Å². The number of Topliss-reactive ketones (excluding diaryl/α,β-unsaturated/α-hetero) is 1. The molecule has 1 saturated heterocycles. The van der Waals surface area contributed by atoms with Gasteiger partial charge in [0.2, 0.25) is 0 Å². The minimum atomic E-state index is 0.253. The zero-order valence-electron chi connectivity index (χ0n) is 12.6. The highest BCUT2D eigenvalue weighted by atomic mass is 16.1. The largest absolute Gasteiger partial charge is 0.293 e. The van der Waals surface area contributed by atoms with Crippen LogP contribution in [0.2, 0.25) is 0 Å². The summed E-state index contributed by atoms with van der Waals surface area (Å²) in [4.78, 5) is 14.8. The highest BCUT2D eigenvalue weighted by molar-refractivity contribution is 5.97. The van der Waals surface area contributed by atoms with Crippen molar-refractivity contribution in [2.45, 2.75) is 59.0 Å². The Kier molecular flexibility index (Phi) is 4.41. The average Bonchev–Trinajstić information content (AvgIpc) is 2.37. The molecular formula is C17H25NO. The Bertz CT molecular complexity index is 456. The molecule has 1 heterocycles. The number of likely N-dealkylation sites (tertiary alicyclic amines) is 1. The second-order valence-corrected chi connectivity index (χ2v) is 6.02. The summed E-state index contributed by atoms with van der Waals surface area (Å²) in [5.74, 6) is 0.253. The van der Waals surface area contributed by atoms with Crippen molar-refractivity contribution in [1.82, 2.24) is 4.90 Å². The summed E-state index contributed by atoms with van der Waals surface area (Å²) < 4.78 is 0. The van der Waals surface area contributed by atoms with Gasteiger partial charge in [-0.2, -0.15) is 0 Å². The van der Waals surface area contributed by atoms with E-state index < -0.39 is 0 Å². The van der Waals surface area contributed by atoms with Gasteiger partial charge in [-0.1, -0.05) is 18.6 Å². The van der Waals surface area contributed by atoms with Gasteiger partial charge in [0.25, 0.3) is 0 Å². The topological polar surface area (TPSA) is 20.3 Å². The molecule has 0 saturated carbocycles. The molecule has 0 bridgehead atoms. The normalized spacial score (nSPS) is 24.4. The van der Waals surface area contributed by atoms with Gasteiger partial charge in [-0.05, 0) is 57.7 Å². The van der Waals surface area contributed by atoms with Crippen molar-refractivity contribution in [3.63, 3.8) is 0 Å². The van der Waals surface area contributed by atoms with Crippen molar-refractivity contribution in [2.75, 3.05) is 6.54 Å². The molecule has 1 fully saturated rings.